The molecule has 1 aromatic rings. The molecule has 1 rings (SSSR count). The SMILES string of the molecule is CCCc1nc(NC)c(C)c(OCCOCC(C)C)n1. The molecular weight excluding hydrogens is 254 g/mol. The van der Waals surface area contributed by atoms with Crippen molar-refractivity contribution < 1.29 is 9.47 Å². The van der Waals surface area contributed by atoms with E-state index in [0.717, 1.165) is 36.7 Å². The molecule has 0 unspecified atom stereocenters. The van der Waals surface area contributed by atoms with E-state index in [-0.39, 0.29) is 0 Å². The first kappa shape index (κ1) is 16.7. The predicted octanol–water partition coefficient (Wildman–Crippen LogP) is 2.83. The predicted molar refractivity (Wildman–Crippen MR) is 81.5 cm³/mol. The smallest absolute Gasteiger partial charge is 0.221 e. The van der Waals surface area contributed by atoms with Crippen molar-refractivity contribution >= 4 is 5.82 Å². The number of anilines is 1. The van der Waals surface area contributed by atoms with E-state index < -0.39 is 0 Å². The summed E-state index contributed by atoms with van der Waals surface area (Å²) in [6, 6.07) is 0. The molecule has 0 radical (unpaired) electrons. The average Bonchev–Trinajstić information content (AvgIpc) is 2.41. The van der Waals surface area contributed by atoms with Crippen molar-refractivity contribution in [3.05, 3.63) is 11.4 Å². The van der Waals surface area contributed by atoms with Gasteiger partial charge in [0.05, 0.1) is 12.2 Å². The highest BCUT2D eigenvalue weighted by atomic mass is 16.5. The fourth-order valence-electron chi connectivity index (χ4n) is 1.78. The van der Waals surface area contributed by atoms with Crippen LogP contribution in [0.4, 0.5) is 5.82 Å². The Morgan fingerprint density at radius 1 is 1.20 bits per heavy atom. The Balaban J connectivity index is 2.61. The third-order valence-electron chi connectivity index (χ3n) is 2.78. The van der Waals surface area contributed by atoms with Crippen LogP contribution in [0.15, 0.2) is 0 Å². The zero-order valence-corrected chi connectivity index (χ0v) is 13.3. The number of hydrogen-bond acceptors (Lipinski definition) is 5. The number of nitrogens with zero attached hydrogens (tertiary/aromatic N) is 2. The van der Waals surface area contributed by atoms with Crippen LogP contribution in [0.5, 0.6) is 5.88 Å². The van der Waals surface area contributed by atoms with Crippen LogP contribution >= 0.6 is 0 Å². The second-order valence-electron chi connectivity index (χ2n) is 5.24. The van der Waals surface area contributed by atoms with E-state index in [1.165, 1.54) is 0 Å². The molecule has 0 aromatic carbocycles. The molecule has 0 bridgehead atoms. The topological polar surface area (TPSA) is 56.3 Å². The second kappa shape index (κ2) is 8.74. The maximum Gasteiger partial charge on any atom is 0.221 e. The van der Waals surface area contributed by atoms with Crippen LogP contribution in [0.1, 0.15) is 38.6 Å². The zero-order chi connectivity index (χ0) is 15.0. The molecule has 20 heavy (non-hydrogen) atoms. The highest BCUT2D eigenvalue weighted by molar-refractivity contribution is 5.48. The molecule has 0 saturated heterocycles. The lowest BCUT2D eigenvalue weighted by Gasteiger charge is -2.13. The van der Waals surface area contributed by atoms with E-state index in [2.05, 4.69) is 36.1 Å². The van der Waals surface area contributed by atoms with Gasteiger partial charge in [-0.1, -0.05) is 20.8 Å². The first-order valence-corrected chi connectivity index (χ1v) is 7.34. The van der Waals surface area contributed by atoms with E-state index >= 15 is 0 Å². The number of aryl methyl sites for hydroxylation is 1. The second-order valence-corrected chi connectivity index (χ2v) is 5.24. The summed E-state index contributed by atoms with van der Waals surface area (Å²) >= 11 is 0. The standard InChI is InChI=1S/C15H27N3O2/c1-6-7-13-17-14(16-5)12(4)15(18-13)20-9-8-19-10-11(2)3/h11H,6-10H2,1-5H3,(H,16,17,18). The van der Waals surface area contributed by atoms with Gasteiger partial charge in [-0.05, 0) is 19.3 Å². The lowest BCUT2D eigenvalue weighted by atomic mass is 10.2. The molecule has 0 saturated carbocycles. The van der Waals surface area contributed by atoms with E-state index in [1.807, 2.05) is 14.0 Å². The fourth-order valence-corrected chi connectivity index (χ4v) is 1.78. The van der Waals surface area contributed by atoms with Crippen LogP contribution in [0.3, 0.4) is 0 Å². The molecule has 1 N–H and O–H groups in total. The van der Waals surface area contributed by atoms with Gasteiger partial charge in [0.25, 0.3) is 0 Å². The minimum Gasteiger partial charge on any atom is -0.475 e. The largest absolute Gasteiger partial charge is 0.475 e. The van der Waals surface area contributed by atoms with E-state index in [9.17, 15) is 0 Å². The Morgan fingerprint density at radius 3 is 2.55 bits per heavy atom. The number of hydrogen-bond donors (Lipinski definition) is 1. The van der Waals surface area contributed by atoms with Gasteiger partial charge >= 0.3 is 0 Å². The van der Waals surface area contributed by atoms with Gasteiger partial charge < -0.3 is 14.8 Å². The molecular formula is C15H27N3O2. The number of ether oxygens (including phenoxy) is 2. The zero-order valence-electron chi connectivity index (χ0n) is 13.3. The third-order valence-corrected chi connectivity index (χ3v) is 2.78. The number of rotatable bonds is 9. The summed E-state index contributed by atoms with van der Waals surface area (Å²) in [4.78, 5) is 8.95. The average molecular weight is 281 g/mol. The van der Waals surface area contributed by atoms with Crippen molar-refractivity contribution in [2.75, 3.05) is 32.2 Å². The highest BCUT2D eigenvalue weighted by Crippen LogP contribution is 2.22. The molecule has 0 aliphatic rings. The minimum atomic E-state index is 0.513. The van der Waals surface area contributed by atoms with Gasteiger partial charge in [0.2, 0.25) is 5.88 Å². The number of aromatic nitrogens is 2. The van der Waals surface area contributed by atoms with Gasteiger partial charge in [-0.3, -0.25) is 0 Å². The van der Waals surface area contributed by atoms with Gasteiger partial charge in [0.1, 0.15) is 18.2 Å². The first-order valence-electron chi connectivity index (χ1n) is 7.34. The van der Waals surface area contributed by atoms with Gasteiger partial charge in [-0.25, -0.2) is 4.98 Å². The molecule has 5 nitrogen and oxygen atoms in total. The van der Waals surface area contributed by atoms with Crippen LogP contribution < -0.4 is 10.1 Å². The van der Waals surface area contributed by atoms with Crippen LogP contribution in [-0.2, 0) is 11.2 Å². The summed E-state index contributed by atoms with van der Waals surface area (Å²) in [5.41, 5.74) is 0.941. The quantitative estimate of drug-likeness (QED) is 0.705. The molecule has 1 aromatic heterocycles. The Morgan fingerprint density at radius 2 is 1.95 bits per heavy atom. The van der Waals surface area contributed by atoms with E-state index in [4.69, 9.17) is 9.47 Å². The van der Waals surface area contributed by atoms with E-state index in [0.29, 0.717) is 25.0 Å². The van der Waals surface area contributed by atoms with Gasteiger partial charge in [-0.15, -0.1) is 0 Å². The maximum absolute atomic E-state index is 5.73. The normalized spacial score (nSPS) is 10.9. The van der Waals surface area contributed by atoms with Crippen molar-refractivity contribution in [2.24, 2.45) is 5.92 Å². The molecule has 0 amide bonds. The maximum atomic E-state index is 5.73. The van der Waals surface area contributed by atoms with Gasteiger partial charge in [-0.2, -0.15) is 4.98 Å². The highest BCUT2D eigenvalue weighted by Gasteiger charge is 2.10. The summed E-state index contributed by atoms with van der Waals surface area (Å²) in [7, 11) is 1.86. The fraction of sp³-hybridized carbons (Fsp3) is 0.733. The van der Waals surface area contributed by atoms with Crippen molar-refractivity contribution in [1.29, 1.82) is 0 Å². The molecule has 0 aliphatic carbocycles. The van der Waals surface area contributed by atoms with Gasteiger partial charge in [0, 0.05) is 20.1 Å². The molecule has 5 heteroatoms. The molecule has 114 valence electrons. The Kier molecular flexibility index (Phi) is 7.30. The molecule has 0 fully saturated rings. The summed E-state index contributed by atoms with van der Waals surface area (Å²) in [6.07, 6.45) is 1.87. The Bertz CT molecular complexity index is 408. The van der Waals surface area contributed by atoms with Crippen molar-refractivity contribution in [2.45, 2.75) is 40.5 Å². The first-order chi connectivity index (χ1) is 9.58. The van der Waals surface area contributed by atoms with Crippen molar-refractivity contribution in [3.8, 4) is 5.88 Å². The molecule has 0 atom stereocenters. The molecule has 0 spiro atoms. The summed E-state index contributed by atoms with van der Waals surface area (Å²) in [5.74, 6) is 2.85. The Labute approximate surface area is 122 Å². The van der Waals surface area contributed by atoms with Crippen LogP contribution in [0.25, 0.3) is 0 Å². The molecule has 1 heterocycles. The summed E-state index contributed by atoms with van der Waals surface area (Å²) in [6.45, 7) is 10.2. The van der Waals surface area contributed by atoms with Crippen LogP contribution in [0.2, 0.25) is 0 Å². The third kappa shape index (κ3) is 5.33. The van der Waals surface area contributed by atoms with E-state index in [1.54, 1.807) is 0 Å². The number of nitrogens with one attached hydrogen (secondary N) is 1. The van der Waals surface area contributed by atoms with Crippen LogP contribution in [-0.4, -0.2) is 36.8 Å². The van der Waals surface area contributed by atoms with Crippen LogP contribution in [0, 0.1) is 12.8 Å². The lowest BCUT2D eigenvalue weighted by molar-refractivity contribution is 0.0803. The molecule has 0 aliphatic heterocycles. The van der Waals surface area contributed by atoms with Gasteiger partial charge in [0.15, 0.2) is 0 Å². The lowest BCUT2D eigenvalue weighted by Crippen LogP contribution is -2.13. The summed E-state index contributed by atoms with van der Waals surface area (Å²) < 4.78 is 11.2. The van der Waals surface area contributed by atoms with Crippen molar-refractivity contribution in [1.82, 2.24) is 9.97 Å². The Hall–Kier alpha value is -1.36. The monoisotopic (exact) mass is 281 g/mol. The summed E-state index contributed by atoms with van der Waals surface area (Å²) in [5, 5.41) is 3.09. The van der Waals surface area contributed by atoms with Crippen molar-refractivity contribution in [3.63, 3.8) is 0 Å². The minimum absolute atomic E-state index is 0.513.